The fraction of sp³-hybridized carbons (Fsp3) is 0.333. The van der Waals surface area contributed by atoms with Crippen LogP contribution in [0, 0.1) is 0 Å². The molecule has 1 amide bonds. The lowest BCUT2D eigenvalue weighted by Crippen LogP contribution is -2.42. The van der Waals surface area contributed by atoms with Gasteiger partial charge >= 0.3 is 5.63 Å². The summed E-state index contributed by atoms with van der Waals surface area (Å²) < 4.78 is 10.4. The lowest BCUT2D eigenvalue weighted by atomic mass is 10.1. The fourth-order valence-corrected chi connectivity index (χ4v) is 2.51. The molecule has 0 radical (unpaired) electrons. The molecule has 3 rings (SSSR count). The van der Waals surface area contributed by atoms with E-state index >= 15 is 0 Å². The standard InChI is InChI=1S/C15H14ClNO4/c16-9-10-1-2-13-11(7-10)8-12(15(19)21-13)14(18)17-3-5-20-6-4-17/h1-2,7-8H,3-6,9H2. The summed E-state index contributed by atoms with van der Waals surface area (Å²) in [4.78, 5) is 26.0. The summed E-state index contributed by atoms with van der Waals surface area (Å²) in [5, 5.41) is 0.698. The quantitative estimate of drug-likeness (QED) is 0.629. The molecule has 0 spiro atoms. The third kappa shape index (κ3) is 2.80. The molecule has 2 heterocycles. The molecule has 1 aromatic heterocycles. The maximum absolute atomic E-state index is 12.4. The molecular weight excluding hydrogens is 294 g/mol. The zero-order chi connectivity index (χ0) is 14.8. The van der Waals surface area contributed by atoms with E-state index in [0.29, 0.717) is 43.2 Å². The molecule has 0 saturated carbocycles. The summed E-state index contributed by atoms with van der Waals surface area (Å²) in [5.74, 6) is 0.0483. The number of carbonyl (C=O) groups is 1. The van der Waals surface area contributed by atoms with E-state index in [0.717, 1.165) is 5.56 Å². The summed E-state index contributed by atoms with van der Waals surface area (Å²) in [7, 11) is 0. The average Bonchev–Trinajstić information content (AvgIpc) is 2.54. The molecule has 2 aromatic rings. The normalized spacial score (nSPS) is 15.4. The Hall–Kier alpha value is -1.85. The molecule has 1 fully saturated rings. The van der Waals surface area contributed by atoms with E-state index in [-0.39, 0.29) is 11.5 Å². The minimum Gasteiger partial charge on any atom is -0.422 e. The van der Waals surface area contributed by atoms with Crippen molar-refractivity contribution in [3.8, 4) is 0 Å². The number of ether oxygens (including phenoxy) is 1. The molecule has 0 bridgehead atoms. The molecule has 6 heteroatoms. The minimum absolute atomic E-state index is 0.0520. The topological polar surface area (TPSA) is 59.8 Å². The molecular formula is C15H14ClNO4. The Labute approximate surface area is 126 Å². The van der Waals surface area contributed by atoms with Crippen LogP contribution in [0.4, 0.5) is 0 Å². The smallest absolute Gasteiger partial charge is 0.349 e. The van der Waals surface area contributed by atoms with Crippen molar-refractivity contribution >= 4 is 28.5 Å². The Kier molecular flexibility index (Phi) is 3.94. The highest BCUT2D eigenvalue weighted by Crippen LogP contribution is 2.18. The number of halogens is 1. The first kappa shape index (κ1) is 14.1. The van der Waals surface area contributed by atoms with Crippen LogP contribution in [-0.2, 0) is 10.6 Å². The molecule has 0 unspecified atom stereocenters. The van der Waals surface area contributed by atoms with Crippen LogP contribution >= 0.6 is 11.6 Å². The molecule has 0 N–H and O–H groups in total. The van der Waals surface area contributed by atoms with Gasteiger partial charge in [0.05, 0.1) is 13.2 Å². The van der Waals surface area contributed by atoms with Gasteiger partial charge in [-0.3, -0.25) is 4.79 Å². The Bertz CT molecular complexity index is 734. The van der Waals surface area contributed by atoms with Gasteiger partial charge in [0.2, 0.25) is 0 Å². The first-order chi connectivity index (χ1) is 10.2. The van der Waals surface area contributed by atoms with Crippen molar-refractivity contribution in [1.82, 2.24) is 4.90 Å². The Morgan fingerprint density at radius 3 is 2.71 bits per heavy atom. The molecule has 21 heavy (non-hydrogen) atoms. The van der Waals surface area contributed by atoms with Gasteiger partial charge in [0, 0.05) is 24.4 Å². The summed E-state index contributed by atoms with van der Waals surface area (Å²) >= 11 is 5.80. The van der Waals surface area contributed by atoms with E-state index in [9.17, 15) is 9.59 Å². The Morgan fingerprint density at radius 1 is 1.24 bits per heavy atom. The van der Waals surface area contributed by atoms with Crippen LogP contribution in [0.15, 0.2) is 33.5 Å². The highest BCUT2D eigenvalue weighted by Gasteiger charge is 2.22. The number of nitrogens with zero attached hydrogens (tertiary/aromatic N) is 1. The zero-order valence-corrected chi connectivity index (χ0v) is 12.1. The number of fused-ring (bicyclic) bond motifs is 1. The Morgan fingerprint density at radius 2 is 2.00 bits per heavy atom. The lowest BCUT2D eigenvalue weighted by Gasteiger charge is -2.26. The molecule has 110 valence electrons. The SMILES string of the molecule is O=C(c1cc2cc(CCl)ccc2oc1=O)N1CCOCC1. The second-order valence-electron chi connectivity index (χ2n) is 4.86. The van der Waals surface area contributed by atoms with Gasteiger partial charge in [-0.05, 0) is 23.8 Å². The number of carbonyl (C=O) groups excluding carboxylic acids is 1. The second kappa shape index (κ2) is 5.87. The Balaban J connectivity index is 2.02. The summed E-state index contributed by atoms with van der Waals surface area (Å²) in [6.07, 6.45) is 0. The predicted molar refractivity (Wildman–Crippen MR) is 78.8 cm³/mol. The maximum atomic E-state index is 12.4. The van der Waals surface area contributed by atoms with Crippen molar-refractivity contribution in [2.75, 3.05) is 26.3 Å². The molecule has 1 aliphatic rings. The van der Waals surface area contributed by atoms with E-state index in [2.05, 4.69) is 0 Å². The maximum Gasteiger partial charge on any atom is 0.349 e. The number of rotatable bonds is 2. The van der Waals surface area contributed by atoms with Crippen molar-refractivity contribution < 1.29 is 13.9 Å². The third-order valence-electron chi connectivity index (χ3n) is 3.48. The van der Waals surface area contributed by atoms with Gasteiger partial charge in [0.25, 0.3) is 5.91 Å². The molecule has 0 atom stereocenters. The molecule has 1 aromatic carbocycles. The van der Waals surface area contributed by atoms with Crippen LogP contribution < -0.4 is 5.63 Å². The van der Waals surface area contributed by atoms with Crippen LogP contribution in [-0.4, -0.2) is 37.1 Å². The van der Waals surface area contributed by atoms with Gasteiger partial charge in [-0.1, -0.05) is 6.07 Å². The monoisotopic (exact) mass is 307 g/mol. The first-order valence-electron chi connectivity index (χ1n) is 6.69. The molecule has 1 aliphatic heterocycles. The number of hydrogen-bond donors (Lipinski definition) is 0. The number of alkyl halides is 1. The highest BCUT2D eigenvalue weighted by atomic mass is 35.5. The van der Waals surface area contributed by atoms with Crippen molar-refractivity contribution in [3.05, 3.63) is 45.8 Å². The third-order valence-corrected chi connectivity index (χ3v) is 3.79. The number of hydrogen-bond acceptors (Lipinski definition) is 4. The van der Waals surface area contributed by atoms with Crippen LogP contribution in [0.1, 0.15) is 15.9 Å². The minimum atomic E-state index is -0.613. The van der Waals surface area contributed by atoms with Crippen molar-refractivity contribution in [2.24, 2.45) is 0 Å². The second-order valence-corrected chi connectivity index (χ2v) is 5.13. The zero-order valence-electron chi connectivity index (χ0n) is 11.3. The number of benzene rings is 1. The van der Waals surface area contributed by atoms with Crippen LogP contribution in [0.2, 0.25) is 0 Å². The van der Waals surface area contributed by atoms with Crippen molar-refractivity contribution in [2.45, 2.75) is 5.88 Å². The van der Waals surface area contributed by atoms with E-state index in [4.69, 9.17) is 20.8 Å². The van der Waals surface area contributed by atoms with E-state index in [1.165, 1.54) is 0 Å². The number of morpholine rings is 1. The predicted octanol–water partition coefficient (Wildman–Crippen LogP) is 2.00. The molecule has 5 nitrogen and oxygen atoms in total. The van der Waals surface area contributed by atoms with Gasteiger partial charge in [-0.2, -0.15) is 0 Å². The van der Waals surface area contributed by atoms with E-state index in [1.807, 2.05) is 6.07 Å². The molecule has 1 saturated heterocycles. The largest absolute Gasteiger partial charge is 0.422 e. The lowest BCUT2D eigenvalue weighted by molar-refractivity contribution is 0.0300. The average molecular weight is 308 g/mol. The summed E-state index contributed by atoms with van der Waals surface area (Å²) in [6, 6.07) is 6.88. The van der Waals surface area contributed by atoms with Gasteiger partial charge < -0.3 is 14.1 Å². The summed E-state index contributed by atoms with van der Waals surface area (Å²) in [6.45, 7) is 1.94. The highest BCUT2D eigenvalue weighted by molar-refractivity contribution is 6.17. The van der Waals surface area contributed by atoms with Gasteiger partial charge in [0.1, 0.15) is 11.1 Å². The van der Waals surface area contributed by atoms with Gasteiger partial charge in [-0.25, -0.2) is 4.79 Å². The van der Waals surface area contributed by atoms with Crippen molar-refractivity contribution in [1.29, 1.82) is 0 Å². The van der Waals surface area contributed by atoms with Crippen LogP contribution in [0.5, 0.6) is 0 Å². The van der Waals surface area contributed by atoms with E-state index in [1.54, 1.807) is 23.1 Å². The fourth-order valence-electron chi connectivity index (χ4n) is 2.34. The molecule has 0 aliphatic carbocycles. The van der Waals surface area contributed by atoms with Crippen LogP contribution in [0.3, 0.4) is 0 Å². The summed E-state index contributed by atoms with van der Waals surface area (Å²) in [5.41, 5.74) is 0.795. The van der Waals surface area contributed by atoms with E-state index < -0.39 is 5.63 Å². The van der Waals surface area contributed by atoms with Crippen LogP contribution in [0.25, 0.3) is 11.0 Å². The van der Waals surface area contributed by atoms with Gasteiger partial charge in [-0.15, -0.1) is 11.6 Å². The first-order valence-corrected chi connectivity index (χ1v) is 7.22. The van der Waals surface area contributed by atoms with Gasteiger partial charge in [0.15, 0.2) is 0 Å². The number of amides is 1. The van der Waals surface area contributed by atoms with Crippen molar-refractivity contribution in [3.63, 3.8) is 0 Å².